The van der Waals surface area contributed by atoms with E-state index in [0.29, 0.717) is 0 Å². The van der Waals surface area contributed by atoms with Gasteiger partial charge in [0.05, 0.1) is 0 Å². The first-order valence-corrected chi connectivity index (χ1v) is 13.0. The van der Waals surface area contributed by atoms with Crippen molar-refractivity contribution in [2.75, 3.05) is 24.7 Å². The predicted octanol–water partition coefficient (Wildman–Crippen LogP) is 3.01. The van der Waals surface area contributed by atoms with Crippen LogP contribution in [0.25, 0.3) is 0 Å². The number of hydrogen-bond acceptors (Lipinski definition) is 4. The maximum atomic E-state index is 5.59. The van der Waals surface area contributed by atoms with Crippen molar-refractivity contribution in [2.24, 2.45) is 0 Å². The molecule has 0 aromatic heterocycles. The molecule has 0 aromatic carbocycles. The van der Waals surface area contributed by atoms with Crippen LogP contribution in [-0.2, 0) is 8.85 Å². The monoisotopic (exact) mass is 326 g/mol. The van der Waals surface area contributed by atoms with Gasteiger partial charge < -0.3 is 8.85 Å². The van der Waals surface area contributed by atoms with Gasteiger partial charge in [-0.25, -0.2) is 0 Å². The quantitative estimate of drug-likeness (QED) is 0.261. The van der Waals surface area contributed by atoms with E-state index in [2.05, 4.69) is 13.8 Å². The molecule has 0 unspecified atom stereocenters. The Kier molecular flexibility index (Phi) is 19.1. The fourth-order valence-electron chi connectivity index (χ4n) is 1.34. The molecule has 110 valence electrons. The molecule has 0 heterocycles. The van der Waals surface area contributed by atoms with Crippen molar-refractivity contribution in [3.05, 3.63) is 0 Å². The van der Waals surface area contributed by atoms with Crippen LogP contribution < -0.4 is 0 Å². The highest BCUT2D eigenvalue weighted by atomic mass is 33.1. The van der Waals surface area contributed by atoms with Crippen LogP contribution in [0, 0.1) is 0 Å². The van der Waals surface area contributed by atoms with E-state index in [-0.39, 0.29) is 19.5 Å². The first-order valence-electron chi connectivity index (χ1n) is 7.31. The molecular formula is C12H30O2S2Si2. The molecule has 0 rings (SSSR count). The van der Waals surface area contributed by atoms with Crippen molar-refractivity contribution in [2.45, 2.75) is 51.6 Å². The Hall–Kier alpha value is 1.05. The fourth-order valence-corrected chi connectivity index (χ4v) is 6.66. The van der Waals surface area contributed by atoms with E-state index in [9.17, 15) is 0 Å². The maximum absolute atomic E-state index is 5.59. The second-order valence-corrected chi connectivity index (χ2v) is 10.0. The molecule has 0 aromatic rings. The van der Waals surface area contributed by atoms with Gasteiger partial charge in [0.1, 0.15) is 0 Å². The third-order valence-corrected chi connectivity index (χ3v) is 7.62. The summed E-state index contributed by atoms with van der Waals surface area (Å²) >= 11 is 0. The normalized spacial score (nSPS) is 12.3. The Labute approximate surface area is 126 Å². The highest BCUT2D eigenvalue weighted by Crippen LogP contribution is 2.23. The van der Waals surface area contributed by atoms with E-state index in [1.807, 2.05) is 21.6 Å². The first-order chi connectivity index (χ1) is 8.91. The van der Waals surface area contributed by atoms with Gasteiger partial charge in [0.2, 0.25) is 0 Å². The van der Waals surface area contributed by atoms with Gasteiger partial charge in [0.15, 0.2) is 19.5 Å². The summed E-state index contributed by atoms with van der Waals surface area (Å²) in [7, 11) is 3.71. The molecular weight excluding hydrogens is 296 g/mol. The summed E-state index contributed by atoms with van der Waals surface area (Å²) in [6.45, 7) is 6.32. The van der Waals surface area contributed by atoms with Gasteiger partial charge in [-0.1, -0.05) is 35.4 Å². The zero-order valence-electron chi connectivity index (χ0n) is 12.1. The minimum atomic E-state index is -0.189. The van der Waals surface area contributed by atoms with Crippen LogP contribution in [0.1, 0.15) is 39.5 Å². The summed E-state index contributed by atoms with van der Waals surface area (Å²) in [5, 5.41) is 0. The Morgan fingerprint density at radius 1 is 0.778 bits per heavy atom. The molecule has 0 radical (unpaired) electrons. The summed E-state index contributed by atoms with van der Waals surface area (Å²) in [5.41, 5.74) is 0. The van der Waals surface area contributed by atoms with E-state index in [1.54, 1.807) is 0 Å². The van der Waals surface area contributed by atoms with E-state index < -0.39 is 0 Å². The smallest absolute Gasteiger partial charge is 0.161 e. The maximum Gasteiger partial charge on any atom is 0.161 e. The zero-order chi connectivity index (χ0) is 13.3. The Balaban J connectivity index is 2.86. The second-order valence-electron chi connectivity index (χ2n) is 4.28. The lowest BCUT2D eigenvalue weighted by Gasteiger charge is -2.03. The largest absolute Gasteiger partial charge is 0.424 e. The fraction of sp³-hybridized carbons (Fsp3) is 1.00. The van der Waals surface area contributed by atoms with Gasteiger partial charge in [-0.3, -0.25) is 0 Å². The van der Waals surface area contributed by atoms with Crippen LogP contribution >= 0.6 is 21.6 Å². The summed E-state index contributed by atoms with van der Waals surface area (Å²) < 4.78 is 11.2. The van der Waals surface area contributed by atoms with Gasteiger partial charge >= 0.3 is 0 Å². The molecule has 0 saturated heterocycles. The van der Waals surface area contributed by atoms with Crippen LogP contribution in [0.4, 0.5) is 0 Å². The third-order valence-electron chi connectivity index (χ3n) is 2.31. The van der Waals surface area contributed by atoms with E-state index in [0.717, 1.165) is 13.2 Å². The molecule has 0 N–H and O–H groups in total. The second kappa shape index (κ2) is 18.1. The Morgan fingerprint density at radius 3 is 1.61 bits per heavy atom. The van der Waals surface area contributed by atoms with Crippen LogP contribution in [0.5, 0.6) is 0 Å². The van der Waals surface area contributed by atoms with Gasteiger partial charge in [-0.05, 0) is 37.8 Å². The lowest BCUT2D eigenvalue weighted by atomic mass is 10.5. The Bertz CT molecular complexity index is 138. The molecule has 0 aliphatic heterocycles. The van der Waals surface area contributed by atoms with Crippen LogP contribution in [0.3, 0.4) is 0 Å². The van der Waals surface area contributed by atoms with Crippen molar-refractivity contribution >= 4 is 41.1 Å². The molecule has 6 heteroatoms. The molecule has 0 saturated carbocycles. The first kappa shape index (κ1) is 19.1. The van der Waals surface area contributed by atoms with Crippen molar-refractivity contribution in [3.8, 4) is 0 Å². The predicted molar refractivity (Wildman–Crippen MR) is 93.3 cm³/mol. The molecule has 0 fully saturated rings. The molecule has 18 heavy (non-hydrogen) atoms. The van der Waals surface area contributed by atoms with Crippen molar-refractivity contribution in [1.82, 2.24) is 0 Å². The lowest BCUT2D eigenvalue weighted by molar-refractivity contribution is 0.334. The lowest BCUT2D eigenvalue weighted by Crippen LogP contribution is -1.99. The Morgan fingerprint density at radius 2 is 1.22 bits per heavy atom. The van der Waals surface area contributed by atoms with E-state index in [4.69, 9.17) is 8.85 Å². The molecule has 0 aliphatic rings. The average molecular weight is 327 g/mol. The minimum absolute atomic E-state index is 0.189. The average Bonchev–Trinajstić information content (AvgIpc) is 2.39. The van der Waals surface area contributed by atoms with E-state index >= 15 is 0 Å². The summed E-state index contributed by atoms with van der Waals surface area (Å²) in [6, 6.07) is 2.71. The summed E-state index contributed by atoms with van der Waals surface area (Å²) in [4.78, 5) is 0. The molecule has 0 amide bonds. The standard InChI is InChI=1S/C12H30O2S2Si2/c1-3-7-13-17-11-5-9-15-16-10-6-12-18-14-8-4-2/h3-12,17-18H2,1-2H3. The van der Waals surface area contributed by atoms with Crippen molar-refractivity contribution in [1.29, 1.82) is 0 Å². The van der Waals surface area contributed by atoms with Gasteiger partial charge in [0.25, 0.3) is 0 Å². The SMILES string of the molecule is CCCO[SiH2]CCCSSCCC[SiH2]OCCC. The summed E-state index contributed by atoms with van der Waals surface area (Å²) in [5.74, 6) is 2.60. The molecule has 2 nitrogen and oxygen atoms in total. The number of rotatable bonds is 15. The minimum Gasteiger partial charge on any atom is -0.424 e. The van der Waals surface area contributed by atoms with Gasteiger partial charge in [-0.2, -0.15) is 0 Å². The topological polar surface area (TPSA) is 18.5 Å². The van der Waals surface area contributed by atoms with Gasteiger partial charge in [0, 0.05) is 24.7 Å². The van der Waals surface area contributed by atoms with Crippen LogP contribution in [0.2, 0.25) is 12.1 Å². The number of hydrogen-bond donors (Lipinski definition) is 0. The molecule has 0 bridgehead atoms. The molecule has 0 atom stereocenters. The van der Waals surface area contributed by atoms with E-state index in [1.165, 1.54) is 49.3 Å². The highest BCUT2D eigenvalue weighted by Gasteiger charge is 1.94. The summed E-state index contributed by atoms with van der Waals surface area (Å²) in [6.07, 6.45) is 5.04. The van der Waals surface area contributed by atoms with Crippen LogP contribution in [-0.4, -0.2) is 44.2 Å². The molecule has 0 aliphatic carbocycles. The van der Waals surface area contributed by atoms with Gasteiger partial charge in [-0.15, -0.1) is 0 Å². The highest BCUT2D eigenvalue weighted by molar-refractivity contribution is 8.76. The third kappa shape index (κ3) is 17.1. The van der Waals surface area contributed by atoms with Crippen molar-refractivity contribution in [3.63, 3.8) is 0 Å². The van der Waals surface area contributed by atoms with Crippen molar-refractivity contribution < 1.29 is 8.85 Å². The van der Waals surface area contributed by atoms with Crippen LogP contribution in [0.15, 0.2) is 0 Å². The molecule has 0 spiro atoms. The zero-order valence-corrected chi connectivity index (χ0v) is 16.6.